The fourth-order valence-corrected chi connectivity index (χ4v) is 7.14. The molecule has 5 rings (SSSR count). The zero-order valence-corrected chi connectivity index (χ0v) is 16.7. The van der Waals surface area contributed by atoms with Crippen molar-refractivity contribution in [2.75, 3.05) is 20.2 Å². The van der Waals surface area contributed by atoms with Gasteiger partial charge in [-0.05, 0) is 80.9 Å². The second kappa shape index (κ2) is 6.12. The Kier molecular flexibility index (Phi) is 4.04. The monoisotopic (exact) mass is 371 g/mol. The van der Waals surface area contributed by atoms with Crippen molar-refractivity contribution in [1.82, 2.24) is 4.90 Å². The molecular formula is C23H33NO3. The van der Waals surface area contributed by atoms with Crippen molar-refractivity contribution in [2.24, 2.45) is 11.3 Å². The molecule has 1 heterocycles. The van der Waals surface area contributed by atoms with Crippen molar-refractivity contribution in [3.05, 3.63) is 23.3 Å². The largest absolute Gasteiger partial charge is 0.504 e. The summed E-state index contributed by atoms with van der Waals surface area (Å²) in [5.41, 5.74) is 2.40. The van der Waals surface area contributed by atoms with Crippen molar-refractivity contribution in [3.8, 4) is 11.5 Å². The molecule has 1 aliphatic heterocycles. The van der Waals surface area contributed by atoms with E-state index in [9.17, 15) is 10.2 Å². The van der Waals surface area contributed by atoms with Gasteiger partial charge >= 0.3 is 0 Å². The van der Waals surface area contributed by atoms with Gasteiger partial charge in [-0.15, -0.1) is 0 Å². The van der Waals surface area contributed by atoms with E-state index in [4.69, 9.17) is 4.74 Å². The van der Waals surface area contributed by atoms with Crippen LogP contribution in [0.15, 0.2) is 12.1 Å². The molecule has 0 amide bonds. The number of phenolic OH excluding ortho intramolecular Hbond substituents is 1. The summed E-state index contributed by atoms with van der Waals surface area (Å²) in [6.45, 7) is 4.66. The molecule has 0 radical (unpaired) electrons. The summed E-state index contributed by atoms with van der Waals surface area (Å²) in [4.78, 5) is 2.78. The number of methoxy groups -OCH3 is 1. The maximum Gasteiger partial charge on any atom is 0.161 e. The van der Waals surface area contributed by atoms with Gasteiger partial charge in [0.25, 0.3) is 0 Å². The van der Waals surface area contributed by atoms with Gasteiger partial charge in [0.15, 0.2) is 11.5 Å². The topological polar surface area (TPSA) is 52.9 Å². The molecule has 27 heavy (non-hydrogen) atoms. The normalized spacial score (nSPS) is 38.2. The molecule has 2 N–H and O–H groups in total. The Morgan fingerprint density at radius 3 is 2.74 bits per heavy atom. The van der Waals surface area contributed by atoms with Crippen LogP contribution < -0.4 is 4.74 Å². The number of hydrogen-bond donors (Lipinski definition) is 2. The van der Waals surface area contributed by atoms with E-state index in [-0.39, 0.29) is 16.9 Å². The molecule has 4 heteroatoms. The van der Waals surface area contributed by atoms with Crippen LogP contribution in [0, 0.1) is 11.3 Å². The van der Waals surface area contributed by atoms with Crippen molar-refractivity contribution in [2.45, 2.75) is 75.9 Å². The predicted octanol–water partition coefficient (Wildman–Crippen LogP) is 3.62. The van der Waals surface area contributed by atoms with Crippen LogP contribution >= 0.6 is 0 Å². The quantitative estimate of drug-likeness (QED) is 0.849. The summed E-state index contributed by atoms with van der Waals surface area (Å²) >= 11 is 0. The van der Waals surface area contributed by atoms with Crippen molar-refractivity contribution < 1.29 is 14.9 Å². The molecule has 3 fully saturated rings. The fraction of sp³-hybridized carbons (Fsp3) is 0.739. The molecule has 4 atom stereocenters. The first-order valence-electron chi connectivity index (χ1n) is 10.9. The number of phenols is 1. The lowest BCUT2D eigenvalue weighted by atomic mass is 9.42. The van der Waals surface area contributed by atoms with Gasteiger partial charge in [-0.2, -0.15) is 0 Å². The third kappa shape index (κ3) is 2.35. The molecule has 2 bridgehead atoms. The highest BCUT2D eigenvalue weighted by molar-refractivity contribution is 5.57. The van der Waals surface area contributed by atoms with Crippen LogP contribution in [0.25, 0.3) is 0 Å². The van der Waals surface area contributed by atoms with Gasteiger partial charge in [0.05, 0.1) is 13.2 Å². The number of rotatable bonds is 4. The summed E-state index contributed by atoms with van der Waals surface area (Å²) in [7, 11) is 1.63. The summed E-state index contributed by atoms with van der Waals surface area (Å²) < 4.78 is 5.48. The van der Waals surface area contributed by atoms with Gasteiger partial charge in [-0.25, -0.2) is 0 Å². The van der Waals surface area contributed by atoms with Gasteiger partial charge in [-0.3, -0.25) is 4.90 Å². The third-order valence-corrected chi connectivity index (χ3v) is 8.52. The SMILES string of the molecule is CC[C@@]12CCC(O)C[C@@]13CCN(CC1CC1)[C@@H]2Cc1ccc(OC)c(O)c13. The Bertz CT molecular complexity index is 745. The zero-order chi connectivity index (χ0) is 18.8. The van der Waals surface area contributed by atoms with Crippen LogP contribution in [0.3, 0.4) is 0 Å². The number of aromatic hydroxyl groups is 1. The lowest BCUT2D eigenvalue weighted by molar-refractivity contribution is -0.124. The second-order valence-electron chi connectivity index (χ2n) is 9.55. The molecule has 1 aromatic carbocycles. The van der Waals surface area contributed by atoms with Gasteiger partial charge in [-0.1, -0.05) is 13.0 Å². The number of piperidine rings is 1. The summed E-state index contributed by atoms with van der Waals surface area (Å²) in [6.07, 6.45) is 8.42. The summed E-state index contributed by atoms with van der Waals surface area (Å²) in [5.74, 6) is 1.80. The first-order chi connectivity index (χ1) is 13.0. The van der Waals surface area contributed by atoms with E-state index >= 15 is 0 Å². The van der Waals surface area contributed by atoms with Crippen molar-refractivity contribution >= 4 is 0 Å². The average molecular weight is 372 g/mol. The van der Waals surface area contributed by atoms with E-state index in [1.54, 1.807) is 7.11 Å². The summed E-state index contributed by atoms with van der Waals surface area (Å²) in [5, 5.41) is 21.9. The van der Waals surface area contributed by atoms with Crippen LogP contribution in [-0.4, -0.2) is 47.5 Å². The molecule has 0 aromatic heterocycles. The Morgan fingerprint density at radius 1 is 1.22 bits per heavy atom. The number of benzene rings is 1. The van der Waals surface area contributed by atoms with Crippen LogP contribution in [-0.2, 0) is 11.8 Å². The first-order valence-corrected chi connectivity index (χ1v) is 10.9. The van der Waals surface area contributed by atoms with Gasteiger partial charge < -0.3 is 14.9 Å². The molecule has 0 spiro atoms. The van der Waals surface area contributed by atoms with Gasteiger partial charge in [0.2, 0.25) is 0 Å². The van der Waals surface area contributed by atoms with E-state index in [1.807, 2.05) is 6.07 Å². The Balaban J connectivity index is 1.70. The molecule has 2 saturated carbocycles. The standard InChI is InChI=1S/C23H33NO3/c1-3-22-9-8-17(25)13-23(22)10-11-24(14-15-4-5-15)19(22)12-16-6-7-18(27-2)21(26)20(16)23/h6-7,15,17,19,25-26H,3-5,8-14H2,1-2H3/t17?,19-,22+,23-/m1/s1. The molecule has 3 aliphatic carbocycles. The number of aliphatic hydroxyl groups is 1. The van der Waals surface area contributed by atoms with Gasteiger partial charge in [0.1, 0.15) is 0 Å². The molecule has 1 saturated heterocycles. The minimum absolute atomic E-state index is 0.129. The molecule has 148 valence electrons. The molecular weight excluding hydrogens is 338 g/mol. The average Bonchev–Trinajstić information content (AvgIpc) is 3.47. The van der Waals surface area contributed by atoms with Gasteiger partial charge in [0, 0.05) is 23.6 Å². The molecule has 1 aromatic rings. The smallest absolute Gasteiger partial charge is 0.161 e. The first kappa shape index (κ1) is 17.8. The Labute approximate surface area is 162 Å². The number of hydrogen-bond acceptors (Lipinski definition) is 4. The maximum atomic E-state index is 11.2. The van der Waals surface area contributed by atoms with Crippen LogP contribution in [0.5, 0.6) is 11.5 Å². The van der Waals surface area contributed by atoms with E-state index in [0.29, 0.717) is 17.5 Å². The highest BCUT2D eigenvalue weighted by Gasteiger charge is 2.65. The third-order valence-electron chi connectivity index (χ3n) is 8.52. The van der Waals surface area contributed by atoms with Crippen molar-refractivity contribution in [1.29, 1.82) is 0 Å². The molecule has 4 nitrogen and oxygen atoms in total. The Morgan fingerprint density at radius 2 is 2.04 bits per heavy atom. The van der Waals surface area contributed by atoms with E-state index in [0.717, 1.165) is 56.6 Å². The number of ether oxygens (including phenoxy) is 1. The van der Waals surface area contributed by atoms with E-state index in [2.05, 4.69) is 17.9 Å². The second-order valence-corrected chi connectivity index (χ2v) is 9.55. The number of fused-ring (bicyclic) bond motifs is 1. The highest BCUT2D eigenvalue weighted by Crippen LogP contribution is 2.66. The van der Waals surface area contributed by atoms with E-state index < -0.39 is 0 Å². The lowest BCUT2D eigenvalue weighted by Gasteiger charge is -2.67. The van der Waals surface area contributed by atoms with Crippen LogP contribution in [0.4, 0.5) is 0 Å². The predicted molar refractivity (Wildman–Crippen MR) is 105 cm³/mol. The van der Waals surface area contributed by atoms with E-state index in [1.165, 1.54) is 24.9 Å². The van der Waals surface area contributed by atoms with Crippen LogP contribution in [0.2, 0.25) is 0 Å². The number of nitrogens with zero attached hydrogens (tertiary/aromatic N) is 1. The fourth-order valence-electron chi connectivity index (χ4n) is 7.14. The minimum atomic E-state index is -0.267. The number of aliphatic hydroxyl groups excluding tert-OH is 1. The molecule has 1 unspecified atom stereocenters. The molecule has 4 aliphatic rings. The summed E-state index contributed by atoms with van der Waals surface area (Å²) in [6, 6.07) is 4.62. The minimum Gasteiger partial charge on any atom is -0.504 e. The maximum absolute atomic E-state index is 11.2. The highest BCUT2D eigenvalue weighted by atomic mass is 16.5. The Hall–Kier alpha value is -1.26. The van der Waals surface area contributed by atoms with Crippen molar-refractivity contribution in [3.63, 3.8) is 0 Å². The zero-order valence-electron chi connectivity index (χ0n) is 16.7. The lowest BCUT2D eigenvalue weighted by Crippen LogP contribution is -2.69. The number of likely N-dealkylation sites (tertiary alicyclic amines) is 1. The van der Waals surface area contributed by atoms with Crippen LogP contribution in [0.1, 0.15) is 63.0 Å².